The van der Waals surface area contributed by atoms with E-state index < -0.39 is 23.1 Å². The number of hydrogen-bond donors (Lipinski definition) is 1. The van der Waals surface area contributed by atoms with E-state index >= 15 is 4.39 Å². The standard InChI is InChI=1S/C29H24F2N6O5/c1-36(2)29-33-15-19(28(39)37(29)18-8-5-16(30)6-9-18)26(38)34-17-7-10-22(20(31)13-17)42-23-11-12-32-21-14-24(40-3)27(41-4)35-25(21)23/h5-15H,1-4H3,(H,34,38). The van der Waals surface area contributed by atoms with Gasteiger partial charge >= 0.3 is 0 Å². The fraction of sp³-hybridized carbons (Fsp3) is 0.138. The molecule has 1 amide bonds. The quantitative estimate of drug-likeness (QED) is 0.284. The molecule has 11 nitrogen and oxygen atoms in total. The highest BCUT2D eigenvalue weighted by Crippen LogP contribution is 2.35. The monoisotopic (exact) mass is 574 g/mol. The lowest BCUT2D eigenvalue weighted by Crippen LogP contribution is -2.32. The molecule has 0 saturated heterocycles. The van der Waals surface area contributed by atoms with Gasteiger partial charge in [0, 0.05) is 50.4 Å². The number of anilines is 2. The van der Waals surface area contributed by atoms with E-state index in [1.165, 1.54) is 67.4 Å². The third-order valence-electron chi connectivity index (χ3n) is 6.10. The molecular weight excluding hydrogens is 550 g/mol. The summed E-state index contributed by atoms with van der Waals surface area (Å²) >= 11 is 0. The molecule has 0 unspecified atom stereocenters. The van der Waals surface area contributed by atoms with Crippen LogP contribution in [-0.2, 0) is 0 Å². The van der Waals surface area contributed by atoms with Crippen molar-refractivity contribution in [2.75, 3.05) is 38.5 Å². The molecule has 0 fully saturated rings. The van der Waals surface area contributed by atoms with Crippen molar-refractivity contribution in [3.63, 3.8) is 0 Å². The number of pyridine rings is 2. The zero-order chi connectivity index (χ0) is 30.0. The van der Waals surface area contributed by atoms with Crippen LogP contribution in [0.2, 0.25) is 0 Å². The molecule has 1 N–H and O–H groups in total. The molecule has 0 aliphatic heterocycles. The summed E-state index contributed by atoms with van der Waals surface area (Å²) in [6.45, 7) is 0. The van der Waals surface area contributed by atoms with Crippen LogP contribution < -0.4 is 30.0 Å². The van der Waals surface area contributed by atoms with Gasteiger partial charge in [-0.15, -0.1) is 0 Å². The maximum atomic E-state index is 15.1. The van der Waals surface area contributed by atoms with Crippen molar-refractivity contribution in [1.29, 1.82) is 0 Å². The molecule has 42 heavy (non-hydrogen) atoms. The van der Waals surface area contributed by atoms with Gasteiger partial charge in [-0.3, -0.25) is 14.6 Å². The normalized spacial score (nSPS) is 10.8. The molecular formula is C29H24F2N6O5. The average Bonchev–Trinajstić information content (AvgIpc) is 2.98. The SMILES string of the molecule is COc1cc2nccc(Oc3ccc(NC(=O)c4cnc(N(C)C)n(-c5ccc(F)cc5)c4=O)cc3F)c2nc1OC. The topological polar surface area (TPSA) is 121 Å². The van der Waals surface area contributed by atoms with Crippen molar-refractivity contribution >= 4 is 28.6 Å². The van der Waals surface area contributed by atoms with Crippen molar-refractivity contribution in [1.82, 2.24) is 19.5 Å². The van der Waals surface area contributed by atoms with Gasteiger partial charge in [-0.05, 0) is 36.4 Å². The molecule has 2 aromatic carbocycles. The number of amides is 1. The lowest BCUT2D eigenvalue weighted by molar-refractivity contribution is 0.102. The molecule has 0 aliphatic carbocycles. The van der Waals surface area contributed by atoms with E-state index in [4.69, 9.17) is 14.2 Å². The molecule has 5 aromatic rings. The second-order valence-corrected chi connectivity index (χ2v) is 9.06. The van der Waals surface area contributed by atoms with Crippen molar-refractivity contribution in [3.05, 3.63) is 94.5 Å². The number of halogens is 2. The van der Waals surface area contributed by atoms with Crippen molar-refractivity contribution in [2.24, 2.45) is 0 Å². The molecule has 5 rings (SSSR count). The molecule has 0 spiro atoms. The molecule has 0 aliphatic rings. The van der Waals surface area contributed by atoms with E-state index in [1.807, 2.05) is 0 Å². The third kappa shape index (κ3) is 5.39. The Labute approximate surface area is 238 Å². The van der Waals surface area contributed by atoms with Crippen molar-refractivity contribution in [3.8, 4) is 28.8 Å². The molecule has 0 atom stereocenters. The maximum absolute atomic E-state index is 15.1. The van der Waals surface area contributed by atoms with E-state index in [-0.39, 0.29) is 34.6 Å². The lowest BCUT2D eigenvalue weighted by atomic mass is 10.2. The fourth-order valence-electron chi connectivity index (χ4n) is 4.11. The van der Waals surface area contributed by atoms with E-state index in [0.29, 0.717) is 22.5 Å². The van der Waals surface area contributed by atoms with Crippen LogP contribution in [0.4, 0.5) is 20.4 Å². The van der Waals surface area contributed by atoms with Crippen molar-refractivity contribution < 1.29 is 27.8 Å². The Bertz CT molecular complexity index is 1860. The molecule has 3 heterocycles. The van der Waals surface area contributed by atoms with Crippen LogP contribution in [-0.4, -0.2) is 53.7 Å². The molecule has 0 saturated carbocycles. The van der Waals surface area contributed by atoms with Gasteiger partial charge in [0.05, 0.1) is 25.4 Å². The van der Waals surface area contributed by atoms with Gasteiger partial charge in [0.2, 0.25) is 5.95 Å². The first-order chi connectivity index (χ1) is 20.2. The number of aromatic nitrogens is 4. The lowest BCUT2D eigenvalue weighted by Gasteiger charge is -2.18. The van der Waals surface area contributed by atoms with Gasteiger partial charge in [-0.25, -0.2) is 23.3 Å². The first-order valence-corrected chi connectivity index (χ1v) is 12.4. The molecule has 13 heteroatoms. The first kappa shape index (κ1) is 28.0. The summed E-state index contributed by atoms with van der Waals surface area (Å²) in [7, 11) is 6.25. The van der Waals surface area contributed by atoms with Crippen LogP contribution in [0, 0.1) is 11.6 Å². The van der Waals surface area contributed by atoms with E-state index in [1.54, 1.807) is 25.1 Å². The van der Waals surface area contributed by atoms with Gasteiger partial charge in [-0.2, -0.15) is 0 Å². The van der Waals surface area contributed by atoms with Crippen LogP contribution in [0.1, 0.15) is 10.4 Å². The fourth-order valence-corrected chi connectivity index (χ4v) is 4.11. The van der Waals surface area contributed by atoms with Gasteiger partial charge in [0.25, 0.3) is 17.3 Å². The van der Waals surface area contributed by atoms with Crippen LogP contribution in [0.5, 0.6) is 23.1 Å². The Morgan fingerprint density at radius 2 is 1.69 bits per heavy atom. The Hall–Kier alpha value is -5.59. The summed E-state index contributed by atoms with van der Waals surface area (Å²) in [5.74, 6) is -1.22. The summed E-state index contributed by atoms with van der Waals surface area (Å²) in [5.41, 5.74) is 0.145. The summed E-state index contributed by atoms with van der Waals surface area (Å²) < 4.78 is 46.1. The number of ether oxygens (including phenoxy) is 3. The highest BCUT2D eigenvalue weighted by molar-refractivity contribution is 6.04. The van der Waals surface area contributed by atoms with Crippen LogP contribution in [0.15, 0.2) is 71.8 Å². The van der Waals surface area contributed by atoms with Gasteiger partial charge in [0.1, 0.15) is 16.9 Å². The zero-order valence-corrected chi connectivity index (χ0v) is 22.9. The van der Waals surface area contributed by atoms with E-state index in [9.17, 15) is 14.0 Å². The number of nitrogens with zero attached hydrogens (tertiary/aromatic N) is 5. The van der Waals surface area contributed by atoms with E-state index in [2.05, 4.69) is 20.3 Å². The molecule has 0 bridgehead atoms. The number of hydrogen-bond acceptors (Lipinski definition) is 9. The smallest absolute Gasteiger partial charge is 0.272 e. The van der Waals surface area contributed by atoms with Crippen LogP contribution in [0.3, 0.4) is 0 Å². The Balaban J connectivity index is 1.42. The summed E-state index contributed by atoms with van der Waals surface area (Å²) in [6, 6.07) is 12.1. The van der Waals surface area contributed by atoms with Gasteiger partial charge < -0.3 is 24.4 Å². The van der Waals surface area contributed by atoms with Crippen LogP contribution in [0.25, 0.3) is 16.7 Å². The first-order valence-electron chi connectivity index (χ1n) is 12.4. The number of methoxy groups -OCH3 is 2. The number of carbonyl (C=O) groups excluding carboxylic acids is 1. The predicted octanol–water partition coefficient (Wildman–Crippen LogP) is 4.58. The minimum absolute atomic E-state index is 0.0679. The second-order valence-electron chi connectivity index (χ2n) is 9.06. The number of nitrogens with one attached hydrogen (secondary N) is 1. The van der Waals surface area contributed by atoms with Crippen molar-refractivity contribution in [2.45, 2.75) is 0 Å². The highest BCUT2D eigenvalue weighted by Gasteiger charge is 2.20. The maximum Gasteiger partial charge on any atom is 0.272 e. The van der Waals surface area contributed by atoms with Gasteiger partial charge in [-0.1, -0.05) is 0 Å². The molecule has 3 aromatic heterocycles. The minimum atomic E-state index is -0.813. The van der Waals surface area contributed by atoms with E-state index in [0.717, 1.165) is 12.3 Å². The highest BCUT2D eigenvalue weighted by atomic mass is 19.1. The van der Waals surface area contributed by atoms with Gasteiger partial charge in [0.15, 0.2) is 23.1 Å². The number of carbonyl (C=O) groups is 1. The third-order valence-corrected chi connectivity index (χ3v) is 6.10. The largest absolute Gasteiger partial charge is 0.491 e. The Morgan fingerprint density at radius 1 is 0.929 bits per heavy atom. The summed E-state index contributed by atoms with van der Waals surface area (Å²) in [5, 5.41) is 2.51. The Kier molecular flexibility index (Phi) is 7.65. The zero-order valence-electron chi connectivity index (χ0n) is 22.9. The number of rotatable bonds is 8. The molecule has 214 valence electrons. The second kappa shape index (κ2) is 11.5. The number of benzene rings is 2. The number of fused-ring (bicyclic) bond motifs is 1. The molecule has 0 radical (unpaired) electrons. The Morgan fingerprint density at radius 3 is 2.36 bits per heavy atom. The van der Waals surface area contributed by atoms with Crippen LogP contribution >= 0.6 is 0 Å². The summed E-state index contributed by atoms with van der Waals surface area (Å²) in [6.07, 6.45) is 2.61. The summed E-state index contributed by atoms with van der Waals surface area (Å²) in [4.78, 5) is 40.8. The predicted molar refractivity (Wildman–Crippen MR) is 151 cm³/mol. The minimum Gasteiger partial charge on any atom is -0.491 e. The average molecular weight is 575 g/mol.